The lowest BCUT2D eigenvalue weighted by atomic mass is 9.85. The van der Waals surface area contributed by atoms with Crippen molar-refractivity contribution in [3.8, 4) is 0 Å². The standard InChI is InChI=1S/C33H45F2N3/c1-7-10-13-26-15-16-31(36-25(26)5)14-11-19-38(6)37-30(9-3)23-27(12-8-2)28-20-24(4)21-29(22-28)33(17-18-33)32(34)35/h8-9,15-16,20-22,27,32H,2-3,7,10-14,17-19,23H2,1,4-6H3/b37-30+. The Kier molecular flexibility index (Phi) is 10.8. The van der Waals surface area contributed by atoms with E-state index in [1.54, 1.807) is 0 Å². The molecule has 0 N–H and O–H groups in total. The van der Waals surface area contributed by atoms with E-state index in [-0.39, 0.29) is 5.92 Å². The molecule has 0 amide bonds. The molecule has 0 bridgehead atoms. The molecule has 1 unspecified atom stereocenters. The molecule has 3 nitrogen and oxygen atoms in total. The lowest BCUT2D eigenvalue weighted by Crippen LogP contribution is -2.19. The molecule has 2 aromatic rings. The molecule has 1 aromatic heterocycles. The summed E-state index contributed by atoms with van der Waals surface area (Å²) in [5.41, 5.74) is 6.43. The number of unbranched alkanes of at least 4 members (excludes halogenated alkanes) is 1. The maximum absolute atomic E-state index is 13.8. The van der Waals surface area contributed by atoms with Crippen LogP contribution in [0.25, 0.3) is 0 Å². The number of pyridine rings is 1. The molecular weight excluding hydrogens is 476 g/mol. The van der Waals surface area contributed by atoms with Crippen molar-refractivity contribution in [2.75, 3.05) is 13.6 Å². The Morgan fingerprint density at radius 1 is 1.13 bits per heavy atom. The van der Waals surface area contributed by atoms with Crippen molar-refractivity contribution < 1.29 is 8.78 Å². The van der Waals surface area contributed by atoms with Crippen LogP contribution in [0.4, 0.5) is 8.78 Å². The van der Waals surface area contributed by atoms with E-state index in [4.69, 9.17) is 10.1 Å². The maximum Gasteiger partial charge on any atom is 0.248 e. The summed E-state index contributed by atoms with van der Waals surface area (Å²) in [6, 6.07) is 10.4. The molecule has 1 fully saturated rings. The van der Waals surface area contributed by atoms with Crippen LogP contribution < -0.4 is 0 Å². The molecule has 1 saturated carbocycles. The number of alkyl halides is 2. The van der Waals surface area contributed by atoms with Gasteiger partial charge in [-0.15, -0.1) is 6.58 Å². The first-order valence-corrected chi connectivity index (χ1v) is 14.1. The van der Waals surface area contributed by atoms with Crippen molar-refractivity contribution in [1.29, 1.82) is 0 Å². The molecule has 1 aliphatic rings. The molecular formula is C33H45F2N3. The largest absolute Gasteiger partial charge is 0.300 e. The zero-order valence-electron chi connectivity index (χ0n) is 23.8. The van der Waals surface area contributed by atoms with Crippen LogP contribution in [0.1, 0.15) is 91.4 Å². The van der Waals surface area contributed by atoms with Gasteiger partial charge in [-0.2, -0.15) is 5.10 Å². The second kappa shape index (κ2) is 13.8. The summed E-state index contributed by atoms with van der Waals surface area (Å²) in [5, 5.41) is 6.80. The van der Waals surface area contributed by atoms with Crippen LogP contribution in [0.3, 0.4) is 0 Å². The van der Waals surface area contributed by atoms with E-state index < -0.39 is 11.8 Å². The molecule has 1 aromatic carbocycles. The van der Waals surface area contributed by atoms with Gasteiger partial charge in [0.1, 0.15) is 0 Å². The van der Waals surface area contributed by atoms with Crippen molar-refractivity contribution in [2.45, 2.75) is 96.3 Å². The van der Waals surface area contributed by atoms with Crippen LogP contribution >= 0.6 is 0 Å². The second-order valence-corrected chi connectivity index (χ2v) is 10.9. The highest BCUT2D eigenvalue weighted by atomic mass is 19.3. The first-order valence-electron chi connectivity index (χ1n) is 14.1. The Bertz CT molecular complexity index is 1120. The number of aryl methyl sites for hydroxylation is 4. The van der Waals surface area contributed by atoms with Gasteiger partial charge in [0.25, 0.3) is 0 Å². The lowest BCUT2D eigenvalue weighted by molar-refractivity contribution is 0.102. The van der Waals surface area contributed by atoms with E-state index in [2.05, 4.69) is 45.2 Å². The maximum atomic E-state index is 13.8. The van der Waals surface area contributed by atoms with Gasteiger partial charge in [-0.05, 0) is 100.0 Å². The summed E-state index contributed by atoms with van der Waals surface area (Å²) in [6.45, 7) is 15.1. The van der Waals surface area contributed by atoms with Crippen LogP contribution in [0.2, 0.25) is 0 Å². The monoisotopic (exact) mass is 521 g/mol. The molecule has 5 heteroatoms. The first-order chi connectivity index (χ1) is 18.2. The molecule has 0 aliphatic heterocycles. The SMILES string of the molecule is C=CCC(C/C(C=C)=N/N(C)CCCc1ccc(CCCC)c(C)n1)c1cc(C)cc(C2(C(F)F)CC2)c1. The van der Waals surface area contributed by atoms with Crippen LogP contribution in [0, 0.1) is 13.8 Å². The van der Waals surface area contributed by atoms with Crippen LogP contribution in [0.5, 0.6) is 0 Å². The zero-order chi connectivity index (χ0) is 27.7. The van der Waals surface area contributed by atoms with E-state index in [1.807, 2.05) is 43.3 Å². The first kappa shape index (κ1) is 29.7. The van der Waals surface area contributed by atoms with Gasteiger partial charge in [-0.3, -0.25) is 9.99 Å². The molecule has 1 heterocycles. The normalized spacial score (nSPS) is 15.4. The van der Waals surface area contributed by atoms with E-state index in [9.17, 15) is 8.78 Å². The number of halogens is 2. The highest BCUT2D eigenvalue weighted by molar-refractivity contribution is 5.94. The Morgan fingerprint density at radius 3 is 2.50 bits per heavy atom. The number of hydrogen-bond donors (Lipinski definition) is 0. The smallest absolute Gasteiger partial charge is 0.248 e. The van der Waals surface area contributed by atoms with E-state index in [0.717, 1.165) is 66.0 Å². The summed E-state index contributed by atoms with van der Waals surface area (Å²) >= 11 is 0. The van der Waals surface area contributed by atoms with Crippen molar-refractivity contribution in [1.82, 2.24) is 9.99 Å². The average Bonchev–Trinajstić information content (AvgIpc) is 3.69. The Labute approximate surface area is 228 Å². The van der Waals surface area contributed by atoms with Gasteiger partial charge in [0.15, 0.2) is 0 Å². The third-order valence-corrected chi connectivity index (χ3v) is 7.76. The van der Waals surface area contributed by atoms with Gasteiger partial charge in [0.05, 0.1) is 11.1 Å². The minimum Gasteiger partial charge on any atom is -0.300 e. The highest BCUT2D eigenvalue weighted by Crippen LogP contribution is 2.53. The Morgan fingerprint density at radius 2 is 1.89 bits per heavy atom. The van der Waals surface area contributed by atoms with Crippen molar-refractivity contribution in [2.24, 2.45) is 5.10 Å². The van der Waals surface area contributed by atoms with E-state index in [0.29, 0.717) is 19.3 Å². The van der Waals surface area contributed by atoms with Gasteiger partial charge in [-0.1, -0.05) is 55.8 Å². The zero-order valence-corrected chi connectivity index (χ0v) is 23.8. The van der Waals surface area contributed by atoms with Crippen LogP contribution in [0.15, 0.2) is 60.7 Å². The predicted molar refractivity (Wildman–Crippen MR) is 156 cm³/mol. The summed E-state index contributed by atoms with van der Waals surface area (Å²) in [6.07, 6.45) is 9.30. The molecule has 0 saturated heterocycles. The van der Waals surface area contributed by atoms with Gasteiger partial charge < -0.3 is 0 Å². The predicted octanol–water partition coefficient (Wildman–Crippen LogP) is 8.49. The molecule has 1 atom stereocenters. The number of nitrogens with zero attached hydrogens (tertiary/aromatic N) is 3. The van der Waals surface area contributed by atoms with Crippen LogP contribution in [-0.4, -0.2) is 35.7 Å². The minimum atomic E-state index is -2.33. The van der Waals surface area contributed by atoms with Gasteiger partial charge >= 0.3 is 0 Å². The number of allylic oxidation sites excluding steroid dienone is 2. The minimum absolute atomic E-state index is 0.114. The summed E-state index contributed by atoms with van der Waals surface area (Å²) in [4.78, 5) is 4.81. The fourth-order valence-electron chi connectivity index (χ4n) is 5.23. The van der Waals surface area contributed by atoms with Gasteiger partial charge in [0, 0.05) is 25.0 Å². The number of benzene rings is 1. The molecule has 206 valence electrons. The number of hydrogen-bond acceptors (Lipinski definition) is 3. The van der Waals surface area contributed by atoms with Gasteiger partial charge in [0.2, 0.25) is 6.43 Å². The third kappa shape index (κ3) is 7.85. The third-order valence-electron chi connectivity index (χ3n) is 7.76. The molecule has 0 spiro atoms. The van der Waals surface area contributed by atoms with E-state index >= 15 is 0 Å². The van der Waals surface area contributed by atoms with E-state index in [1.165, 1.54) is 18.4 Å². The molecule has 3 rings (SSSR count). The fourth-order valence-corrected chi connectivity index (χ4v) is 5.23. The van der Waals surface area contributed by atoms with Gasteiger partial charge in [-0.25, -0.2) is 8.78 Å². The molecule has 38 heavy (non-hydrogen) atoms. The number of hydrazone groups is 1. The van der Waals surface area contributed by atoms with Crippen LogP contribution in [-0.2, 0) is 18.3 Å². The fraction of sp³-hybridized carbons (Fsp3) is 0.515. The lowest BCUT2D eigenvalue weighted by Gasteiger charge is -2.22. The number of rotatable bonds is 16. The quantitative estimate of drug-likeness (QED) is 0.126. The Balaban J connectivity index is 1.64. The molecule has 0 radical (unpaired) electrons. The average molecular weight is 522 g/mol. The second-order valence-electron chi connectivity index (χ2n) is 10.9. The molecule has 1 aliphatic carbocycles. The van der Waals surface area contributed by atoms with Crippen molar-refractivity contribution >= 4 is 5.71 Å². The Hall–Kier alpha value is -2.82. The summed E-state index contributed by atoms with van der Waals surface area (Å²) in [5.74, 6) is 0.114. The highest BCUT2D eigenvalue weighted by Gasteiger charge is 2.52. The summed E-state index contributed by atoms with van der Waals surface area (Å²) < 4.78 is 27.6. The summed E-state index contributed by atoms with van der Waals surface area (Å²) in [7, 11) is 1.99. The topological polar surface area (TPSA) is 28.5 Å². The van der Waals surface area contributed by atoms with Crippen molar-refractivity contribution in [3.05, 3.63) is 89.3 Å². The van der Waals surface area contributed by atoms with Crippen molar-refractivity contribution in [3.63, 3.8) is 0 Å². The number of aromatic nitrogens is 1.